The molecular formula is C20H21ClN3O4+. The van der Waals surface area contributed by atoms with Crippen molar-refractivity contribution in [1.82, 2.24) is 4.90 Å². The molecule has 0 aromatic heterocycles. The van der Waals surface area contributed by atoms with Gasteiger partial charge >= 0.3 is 17.8 Å². The van der Waals surface area contributed by atoms with Crippen LogP contribution in [0.1, 0.15) is 11.1 Å². The Morgan fingerprint density at radius 3 is 2.36 bits per heavy atom. The minimum atomic E-state index is -0.845. The molecule has 8 heteroatoms. The van der Waals surface area contributed by atoms with Crippen molar-refractivity contribution in [2.75, 3.05) is 25.7 Å². The smallest absolute Gasteiger partial charge is 0.343 e. The number of benzene rings is 2. The normalized spacial score (nSPS) is 15.4. The fraction of sp³-hybridized carbons (Fsp3) is 0.250. The van der Waals surface area contributed by atoms with E-state index < -0.39 is 17.8 Å². The molecule has 1 heterocycles. The van der Waals surface area contributed by atoms with Gasteiger partial charge in [0.1, 0.15) is 12.3 Å². The summed E-state index contributed by atoms with van der Waals surface area (Å²) in [7, 11) is 3.38. The van der Waals surface area contributed by atoms with Crippen molar-refractivity contribution < 1.29 is 24.0 Å². The molecule has 146 valence electrons. The molecule has 2 aromatic rings. The molecule has 1 unspecified atom stereocenters. The lowest BCUT2D eigenvalue weighted by molar-refractivity contribution is -0.901. The summed E-state index contributed by atoms with van der Waals surface area (Å²) in [6, 6.07) is 11.5. The first-order valence-corrected chi connectivity index (χ1v) is 9.10. The third-order valence-electron chi connectivity index (χ3n) is 4.51. The third kappa shape index (κ3) is 3.85. The summed E-state index contributed by atoms with van der Waals surface area (Å²) in [6.07, 6.45) is 0. The van der Waals surface area contributed by atoms with Gasteiger partial charge in [-0.05, 0) is 37.3 Å². The number of hydrogen-bond donors (Lipinski definition) is 1. The van der Waals surface area contributed by atoms with E-state index in [9.17, 15) is 14.4 Å². The van der Waals surface area contributed by atoms with Crippen molar-refractivity contribution >= 4 is 35.1 Å². The minimum absolute atomic E-state index is 0.0431. The second-order valence-corrected chi connectivity index (χ2v) is 7.18. The zero-order chi connectivity index (χ0) is 20.4. The fourth-order valence-corrected chi connectivity index (χ4v) is 3.30. The lowest BCUT2D eigenvalue weighted by Crippen LogP contribution is -3.09. The van der Waals surface area contributed by atoms with E-state index >= 15 is 0 Å². The summed E-state index contributed by atoms with van der Waals surface area (Å²) in [5, 5.41) is 0.567. The number of halogens is 1. The molecule has 28 heavy (non-hydrogen) atoms. The number of carbonyl (C=O) groups excluding carboxylic acids is 3. The van der Waals surface area contributed by atoms with Gasteiger partial charge in [0, 0.05) is 10.6 Å². The maximum absolute atomic E-state index is 12.7. The van der Waals surface area contributed by atoms with Crippen LogP contribution >= 0.6 is 11.6 Å². The number of imide groups is 2. The molecule has 1 atom stereocenters. The maximum Gasteiger partial charge on any atom is 0.343 e. The highest BCUT2D eigenvalue weighted by Crippen LogP contribution is 2.23. The average Bonchev–Trinajstić information content (AvgIpc) is 2.86. The fourth-order valence-electron chi connectivity index (χ4n) is 3.10. The topological polar surface area (TPSA) is 71.4 Å². The van der Waals surface area contributed by atoms with Crippen LogP contribution < -0.4 is 14.5 Å². The molecule has 3 rings (SSSR count). The van der Waals surface area contributed by atoms with Gasteiger partial charge in [-0.25, -0.2) is 14.6 Å². The van der Waals surface area contributed by atoms with Gasteiger partial charge in [0.2, 0.25) is 0 Å². The summed E-state index contributed by atoms with van der Waals surface area (Å²) in [5.74, 6) is -1.01. The zero-order valence-corrected chi connectivity index (χ0v) is 16.6. The molecule has 0 aliphatic carbocycles. The van der Waals surface area contributed by atoms with Crippen molar-refractivity contribution in [1.29, 1.82) is 0 Å². The number of methoxy groups -OCH3 is 1. The Hall–Kier alpha value is -2.90. The molecule has 1 saturated heterocycles. The van der Waals surface area contributed by atoms with Gasteiger partial charge in [-0.3, -0.25) is 9.59 Å². The lowest BCUT2D eigenvalue weighted by atomic mass is 10.2. The zero-order valence-electron chi connectivity index (χ0n) is 15.9. The molecule has 7 nitrogen and oxygen atoms in total. The lowest BCUT2D eigenvalue weighted by Gasteiger charge is -2.21. The van der Waals surface area contributed by atoms with E-state index in [-0.39, 0.29) is 6.67 Å². The number of nitrogens with one attached hydrogen (secondary N) is 1. The largest absolute Gasteiger partial charge is 0.496 e. The van der Waals surface area contributed by atoms with Crippen LogP contribution in [0, 0.1) is 6.92 Å². The quantitative estimate of drug-likeness (QED) is 0.589. The predicted molar refractivity (Wildman–Crippen MR) is 104 cm³/mol. The molecule has 1 aliphatic heterocycles. The van der Waals surface area contributed by atoms with Gasteiger partial charge in [-0.1, -0.05) is 29.3 Å². The number of quaternary nitrogens is 1. The number of rotatable bonds is 6. The number of carbonyl (C=O) groups is 3. The van der Waals surface area contributed by atoms with Gasteiger partial charge in [-0.15, -0.1) is 0 Å². The van der Waals surface area contributed by atoms with Crippen LogP contribution in [0.2, 0.25) is 5.02 Å². The molecule has 1 N–H and O–H groups in total. The van der Waals surface area contributed by atoms with E-state index in [0.717, 1.165) is 25.8 Å². The third-order valence-corrected chi connectivity index (χ3v) is 4.74. The first-order valence-electron chi connectivity index (χ1n) is 8.72. The number of ether oxygens (including phenoxy) is 1. The number of nitrogens with zero attached hydrogens (tertiary/aromatic N) is 2. The Balaban J connectivity index is 1.76. The van der Waals surface area contributed by atoms with Gasteiger partial charge in [0.25, 0.3) is 0 Å². The molecule has 0 saturated carbocycles. The predicted octanol–water partition coefficient (Wildman–Crippen LogP) is 1.62. The molecule has 2 aromatic carbocycles. The Bertz CT molecular complexity index is 930. The van der Waals surface area contributed by atoms with Crippen molar-refractivity contribution in [2.24, 2.45) is 0 Å². The molecule has 1 fully saturated rings. The van der Waals surface area contributed by atoms with Crippen molar-refractivity contribution in [3.63, 3.8) is 0 Å². The van der Waals surface area contributed by atoms with E-state index in [1.165, 1.54) is 0 Å². The minimum Gasteiger partial charge on any atom is -0.496 e. The van der Waals surface area contributed by atoms with E-state index in [1.807, 2.05) is 14.0 Å². The van der Waals surface area contributed by atoms with Gasteiger partial charge in [0.05, 0.1) is 19.8 Å². The van der Waals surface area contributed by atoms with E-state index in [1.54, 1.807) is 49.6 Å². The van der Waals surface area contributed by atoms with E-state index in [4.69, 9.17) is 16.3 Å². The summed E-state index contributed by atoms with van der Waals surface area (Å²) in [6.45, 7) is 2.40. The number of amides is 4. The molecule has 0 bridgehead atoms. The number of urea groups is 1. The standard InChI is InChI=1S/C20H20ClN3O4/c1-13-4-7-16(8-5-13)24-19(26)18(25)23(20(24)27)12-22(2)11-14-10-15(21)6-9-17(14)28-3/h4-10H,11-12H2,1-3H3/p+1. The van der Waals surface area contributed by atoms with Crippen LogP contribution in [0.15, 0.2) is 42.5 Å². The van der Waals surface area contributed by atoms with E-state index in [2.05, 4.69) is 0 Å². The first-order chi connectivity index (χ1) is 13.3. The van der Waals surface area contributed by atoms with Crippen molar-refractivity contribution in [3.05, 3.63) is 58.6 Å². The SMILES string of the molecule is COc1ccc(Cl)cc1C[NH+](C)CN1C(=O)C(=O)N(c2ccc(C)cc2)C1=O. The molecule has 0 radical (unpaired) electrons. The van der Waals surface area contributed by atoms with Gasteiger partial charge in [-0.2, -0.15) is 0 Å². The van der Waals surface area contributed by atoms with Gasteiger partial charge < -0.3 is 9.64 Å². The van der Waals surface area contributed by atoms with Crippen molar-refractivity contribution in [3.8, 4) is 5.75 Å². The Morgan fingerprint density at radius 1 is 1.04 bits per heavy atom. The Labute approximate surface area is 168 Å². The summed E-state index contributed by atoms with van der Waals surface area (Å²) < 4.78 is 5.33. The highest BCUT2D eigenvalue weighted by molar-refractivity contribution is 6.52. The van der Waals surface area contributed by atoms with Crippen LogP contribution in [-0.2, 0) is 16.1 Å². The highest BCUT2D eigenvalue weighted by Gasteiger charge is 2.46. The number of anilines is 1. The number of hydrogen-bond acceptors (Lipinski definition) is 4. The summed E-state index contributed by atoms with van der Waals surface area (Å²) in [4.78, 5) is 40.2. The van der Waals surface area contributed by atoms with Crippen LogP contribution in [0.25, 0.3) is 0 Å². The van der Waals surface area contributed by atoms with Crippen LogP contribution in [-0.4, -0.2) is 43.6 Å². The highest BCUT2D eigenvalue weighted by atomic mass is 35.5. The molecule has 4 amide bonds. The second-order valence-electron chi connectivity index (χ2n) is 6.74. The molecule has 0 spiro atoms. The van der Waals surface area contributed by atoms with Crippen LogP contribution in [0.4, 0.5) is 10.5 Å². The average molecular weight is 403 g/mol. The van der Waals surface area contributed by atoms with Crippen molar-refractivity contribution in [2.45, 2.75) is 13.5 Å². The molecule has 1 aliphatic rings. The summed E-state index contributed by atoms with van der Waals surface area (Å²) >= 11 is 6.06. The monoisotopic (exact) mass is 402 g/mol. The van der Waals surface area contributed by atoms with Gasteiger partial charge in [0.15, 0.2) is 6.67 Å². The number of aryl methyl sites for hydroxylation is 1. The van der Waals surface area contributed by atoms with Crippen LogP contribution in [0.5, 0.6) is 5.75 Å². The first kappa shape index (κ1) is 19.9. The van der Waals surface area contributed by atoms with Crippen LogP contribution in [0.3, 0.4) is 0 Å². The Kier molecular flexibility index (Phi) is 5.67. The maximum atomic E-state index is 12.7. The van der Waals surface area contributed by atoms with E-state index in [0.29, 0.717) is 23.0 Å². The Morgan fingerprint density at radius 2 is 1.71 bits per heavy atom. The molecular weight excluding hydrogens is 382 g/mol. The summed E-state index contributed by atoms with van der Waals surface area (Å²) in [5.41, 5.74) is 2.21. The second kappa shape index (κ2) is 8.00.